The molecule has 0 aromatic heterocycles. The number of halogens is 4. The number of aliphatic hydroxyl groups is 1. The molecule has 7 heteroatoms. The van der Waals surface area contributed by atoms with Gasteiger partial charge in [-0.3, -0.25) is 0 Å². The lowest BCUT2D eigenvalue weighted by Gasteiger charge is -2.34. The third kappa shape index (κ3) is 3.40. The molecule has 2 rings (SSSR count). The van der Waals surface area contributed by atoms with Gasteiger partial charge in [-0.05, 0) is 37.0 Å². The molecule has 0 heterocycles. The van der Waals surface area contributed by atoms with Gasteiger partial charge < -0.3 is 15.6 Å². The lowest BCUT2D eigenvalue weighted by Crippen LogP contribution is -2.37. The van der Waals surface area contributed by atoms with Gasteiger partial charge in [0.1, 0.15) is 11.6 Å². The van der Waals surface area contributed by atoms with Gasteiger partial charge in [0.2, 0.25) is 0 Å². The maximum absolute atomic E-state index is 13.7. The van der Waals surface area contributed by atoms with Crippen molar-refractivity contribution in [1.82, 2.24) is 0 Å². The van der Waals surface area contributed by atoms with Crippen molar-refractivity contribution in [1.29, 1.82) is 0 Å². The lowest BCUT2D eigenvalue weighted by atomic mass is 9.77. The molecule has 3 N–H and O–H groups in total. The van der Waals surface area contributed by atoms with Crippen molar-refractivity contribution in [3.8, 4) is 5.75 Å². The molecular formula is C13H15F4NO2. The third-order valence-electron chi connectivity index (χ3n) is 3.56. The fourth-order valence-electron chi connectivity index (χ4n) is 2.23. The third-order valence-corrected chi connectivity index (χ3v) is 3.56. The van der Waals surface area contributed by atoms with Crippen LogP contribution in [0.4, 0.5) is 17.6 Å². The summed E-state index contributed by atoms with van der Waals surface area (Å²) >= 11 is 0. The molecule has 1 aliphatic rings. The first-order valence-electron chi connectivity index (χ1n) is 6.27. The first-order chi connectivity index (χ1) is 9.28. The molecular weight excluding hydrogens is 278 g/mol. The summed E-state index contributed by atoms with van der Waals surface area (Å²) in [6, 6.07) is 1.53. The minimum absolute atomic E-state index is 0.0309. The molecule has 1 saturated carbocycles. The Labute approximate surface area is 113 Å². The zero-order chi connectivity index (χ0) is 14.9. The molecule has 0 amide bonds. The van der Waals surface area contributed by atoms with Crippen LogP contribution >= 0.6 is 0 Å². The van der Waals surface area contributed by atoms with E-state index in [-0.39, 0.29) is 11.5 Å². The van der Waals surface area contributed by atoms with Crippen molar-refractivity contribution in [2.45, 2.75) is 37.8 Å². The molecule has 3 nitrogen and oxygen atoms in total. The van der Waals surface area contributed by atoms with Crippen LogP contribution in [0, 0.1) is 11.7 Å². The van der Waals surface area contributed by atoms with Gasteiger partial charge in [0.25, 0.3) is 0 Å². The predicted molar refractivity (Wildman–Crippen MR) is 63.4 cm³/mol. The number of aliphatic hydroxyl groups excluding tert-OH is 1. The van der Waals surface area contributed by atoms with E-state index < -0.39 is 30.1 Å². The first kappa shape index (κ1) is 15.1. The zero-order valence-electron chi connectivity index (χ0n) is 10.5. The smallest absolute Gasteiger partial charge is 0.406 e. The quantitative estimate of drug-likeness (QED) is 0.839. The Morgan fingerprint density at radius 1 is 1.30 bits per heavy atom. The Kier molecular flexibility index (Phi) is 4.19. The first-order valence-corrected chi connectivity index (χ1v) is 6.27. The molecule has 1 aromatic rings. The van der Waals surface area contributed by atoms with E-state index in [1.165, 1.54) is 0 Å². The van der Waals surface area contributed by atoms with Gasteiger partial charge in [-0.25, -0.2) is 4.39 Å². The van der Waals surface area contributed by atoms with Crippen LogP contribution in [0.3, 0.4) is 0 Å². The molecule has 1 aromatic carbocycles. The van der Waals surface area contributed by atoms with Crippen LogP contribution in [0.5, 0.6) is 5.75 Å². The zero-order valence-corrected chi connectivity index (χ0v) is 10.5. The maximum Gasteiger partial charge on any atom is 0.573 e. The number of hydrogen-bond acceptors (Lipinski definition) is 3. The number of ether oxygens (including phenoxy) is 1. The molecule has 20 heavy (non-hydrogen) atoms. The highest BCUT2D eigenvalue weighted by Crippen LogP contribution is 2.36. The van der Waals surface area contributed by atoms with E-state index in [2.05, 4.69) is 4.74 Å². The number of rotatable bonds is 4. The summed E-state index contributed by atoms with van der Waals surface area (Å²) in [7, 11) is 0. The molecule has 1 aliphatic carbocycles. The van der Waals surface area contributed by atoms with Crippen molar-refractivity contribution < 1.29 is 27.4 Å². The van der Waals surface area contributed by atoms with Gasteiger partial charge in [0.05, 0.1) is 12.1 Å². The Bertz CT molecular complexity index is 474. The second kappa shape index (κ2) is 5.57. The second-order valence-electron chi connectivity index (χ2n) is 4.94. The van der Waals surface area contributed by atoms with E-state index in [1.54, 1.807) is 0 Å². The number of alkyl halides is 3. The van der Waals surface area contributed by atoms with Crippen LogP contribution in [-0.2, 0) is 0 Å². The van der Waals surface area contributed by atoms with E-state index in [4.69, 9.17) is 5.73 Å². The highest BCUT2D eigenvalue weighted by atomic mass is 19.4. The van der Waals surface area contributed by atoms with Gasteiger partial charge in [0, 0.05) is 5.56 Å². The molecule has 0 spiro atoms. The maximum atomic E-state index is 13.7. The summed E-state index contributed by atoms with van der Waals surface area (Å²) in [5.41, 5.74) is 5.58. The standard InChI is InChI=1S/C13H15F4NO2/c14-10-5-4-8(20-13(15,16)17)6-9(10)11(18)12(19)7-2-1-3-7/h4-7,11-12,19H,1-3,18H2/t11-,12+/m1/s1. The van der Waals surface area contributed by atoms with Crippen LogP contribution in [0.2, 0.25) is 0 Å². The highest BCUT2D eigenvalue weighted by molar-refractivity contribution is 5.32. The summed E-state index contributed by atoms with van der Waals surface area (Å²) in [5, 5.41) is 9.98. The van der Waals surface area contributed by atoms with E-state index in [0.717, 1.165) is 37.5 Å². The van der Waals surface area contributed by atoms with Gasteiger partial charge in [-0.1, -0.05) is 6.42 Å². The highest BCUT2D eigenvalue weighted by Gasteiger charge is 2.34. The summed E-state index contributed by atoms with van der Waals surface area (Å²) in [6.45, 7) is 0. The SMILES string of the molecule is N[C@H](c1cc(OC(F)(F)F)ccc1F)[C@@H](O)C1CCC1. The summed E-state index contributed by atoms with van der Waals surface area (Å²) in [4.78, 5) is 0. The average Bonchev–Trinajstić information content (AvgIpc) is 2.26. The Hall–Kier alpha value is -1.34. The number of hydrogen-bond donors (Lipinski definition) is 2. The molecule has 0 saturated heterocycles. The summed E-state index contributed by atoms with van der Waals surface area (Å²) < 4.78 is 53.8. The molecule has 0 radical (unpaired) electrons. The monoisotopic (exact) mass is 293 g/mol. The van der Waals surface area contributed by atoms with Crippen LogP contribution in [-0.4, -0.2) is 17.6 Å². The largest absolute Gasteiger partial charge is 0.573 e. The lowest BCUT2D eigenvalue weighted by molar-refractivity contribution is -0.274. The van der Waals surface area contributed by atoms with Crippen molar-refractivity contribution in [2.24, 2.45) is 11.7 Å². The van der Waals surface area contributed by atoms with E-state index in [9.17, 15) is 22.7 Å². The Balaban J connectivity index is 2.18. The van der Waals surface area contributed by atoms with Crippen molar-refractivity contribution in [3.63, 3.8) is 0 Å². The van der Waals surface area contributed by atoms with Crippen molar-refractivity contribution in [2.75, 3.05) is 0 Å². The normalized spacial score (nSPS) is 19.3. The van der Waals surface area contributed by atoms with Crippen LogP contribution in [0.1, 0.15) is 30.9 Å². The number of benzene rings is 1. The molecule has 0 bridgehead atoms. The molecule has 1 fully saturated rings. The van der Waals surface area contributed by atoms with E-state index in [1.807, 2.05) is 0 Å². The molecule has 112 valence electrons. The van der Waals surface area contributed by atoms with Gasteiger partial charge in [-0.2, -0.15) is 0 Å². The topological polar surface area (TPSA) is 55.5 Å². The minimum atomic E-state index is -4.86. The van der Waals surface area contributed by atoms with Crippen molar-refractivity contribution >= 4 is 0 Å². The predicted octanol–water partition coefficient (Wildman–Crippen LogP) is 2.89. The Morgan fingerprint density at radius 2 is 1.95 bits per heavy atom. The summed E-state index contributed by atoms with van der Waals surface area (Å²) in [6.07, 6.45) is -3.29. The van der Waals surface area contributed by atoms with Gasteiger partial charge >= 0.3 is 6.36 Å². The molecule has 2 atom stereocenters. The fraction of sp³-hybridized carbons (Fsp3) is 0.538. The fourth-order valence-corrected chi connectivity index (χ4v) is 2.23. The Morgan fingerprint density at radius 3 is 2.45 bits per heavy atom. The second-order valence-corrected chi connectivity index (χ2v) is 4.94. The van der Waals surface area contributed by atoms with Crippen molar-refractivity contribution in [3.05, 3.63) is 29.6 Å². The van der Waals surface area contributed by atoms with Crippen LogP contribution in [0.15, 0.2) is 18.2 Å². The van der Waals surface area contributed by atoms with Crippen LogP contribution < -0.4 is 10.5 Å². The summed E-state index contributed by atoms with van der Waals surface area (Å²) in [5.74, 6) is -1.34. The molecule has 0 unspecified atom stereocenters. The number of nitrogens with two attached hydrogens (primary N) is 1. The van der Waals surface area contributed by atoms with Crippen LogP contribution in [0.25, 0.3) is 0 Å². The van der Waals surface area contributed by atoms with Gasteiger partial charge in [-0.15, -0.1) is 13.2 Å². The van der Waals surface area contributed by atoms with E-state index in [0.29, 0.717) is 0 Å². The minimum Gasteiger partial charge on any atom is -0.406 e. The van der Waals surface area contributed by atoms with Gasteiger partial charge in [0.15, 0.2) is 0 Å². The average molecular weight is 293 g/mol. The molecule has 0 aliphatic heterocycles. The van der Waals surface area contributed by atoms with E-state index >= 15 is 0 Å².